The van der Waals surface area contributed by atoms with Gasteiger partial charge in [-0.25, -0.2) is 0 Å². The Balaban J connectivity index is 1.83. The van der Waals surface area contributed by atoms with Crippen LogP contribution in [0, 0.1) is 6.92 Å². The number of carbonyl (C=O) groups is 1. The van der Waals surface area contributed by atoms with Gasteiger partial charge in [0.15, 0.2) is 0 Å². The normalized spacial score (nSPS) is 18.9. The van der Waals surface area contributed by atoms with Crippen LogP contribution in [0.3, 0.4) is 0 Å². The first kappa shape index (κ1) is 23.0. The number of esters is 1. The maximum Gasteiger partial charge on any atom is 0.405 e. The van der Waals surface area contributed by atoms with E-state index in [1.165, 1.54) is 0 Å². The molecular formula is C19H26BrF3N2O3. The minimum atomic E-state index is -4.39. The highest BCUT2D eigenvalue weighted by Crippen LogP contribution is 2.28. The van der Waals surface area contributed by atoms with Crippen LogP contribution in [0.15, 0.2) is 22.7 Å². The third-order valence-electron chi connectivity index (χ3n) is 4.68. The molecule has 1 aromatic carbocycles. The molecule has 1 heterocycles. The van der Waals surface area contributed by atoms with E-state index < -0.39 is 18.2 Å². The van der Waals surface area contributed by atoms with E-state index in [0.717, 1.165) is 20.7 Å². The summed E-state index contributed by atoms with van der Waals surface area (Å²) in [6.07, 6.45) is -3.77. The van der Waals surface area contributed by atoms with Gasteiger partial charge < -0.3 is 14.4 Å². The Morgan fingerprint density at radius 2 is 2.07 bits per heavy atom. The van der Waals surface area contributed by atoms with Crippen LogP contribution in [0.4, 0.5) is 13.2 Å². The highest BCUT2D eigenvalue weighted by atomic mass is 79.9. The molecule has 0 N–H and O–H groups in total. The molecule has 2 rings (SSSR count). The van der Waals surface area contributed by atoms with Crippen LogP contribution >= 0.6 is 15.9 Å². The maximum absolute atomic E-state index is 13.4. The van der Waals surface area contributed by atoms with Gasteiger partial charge in [0.25, 0.3) is 0 Å². The fourth-order valence-electron chi connectivity index (χ4n) is 3.17. The second kappa shape index (κ2) is 10.5. The molecule has 0 aliphatic carbocycles. The summed E-state index contributed by atoms with van der Waals surface area (Å²) in [4.78, 5) is 14.5. The van der Waals surface area contributed by atoms with Gasteiger partial charge in [0.05, 0.1) is 19.8 Å². The summed E-state index contributed by atoms with van der Waals surface area (Å²) in [6.45, 7) is 4.83. The number of halogens is 4. The number of carbonyl (C=O) groups excluding carboxylic acids is 1. The molecule has 1 atom stereocenters. The summed E-state index contributed by atoms with van der Waals surface area (Å²) in [5.74, 6) is 0.143. The number of benzene rings is 1. The molecule has 1 fully saturated rings. The smallest absolute Gasteiger partial charge is 0.405 e. The average Bonchev–Trinajstić information content (AvgIpc) is 2.62. The zero-order chi connectivity index (χ0) is 20.7. The molecule has 1 saturated heterocycles. The Morgan fingerprint density at radius 1 is 1.32 bits per heavy atom. The highest BCUT2D eigenvalue weighted by Gasteiger charge is 2.46. The van der Waals surface area contributed by atoms with Gasteiger partial charge in [0.1, 0.15) is 11.8 Å². The summed E-state index contributed by atoms with van der Waals surface area (Å²) in [7, 11) is 0. The van der Waals surface area contributed by atoms with Crippen molar-refractivity contribution >= 4 is 21.9 Å². The molecule has 0 radical (unpaired) electrons. The van der Waals surface area contributed by atoms with Crippen LogP contribution < -0.4 is 4.74 Å². The van der Waals surface area contributed by atoms with E-state index >= 15 is 0 Å². The van der Waals surface area contributed by atoms with Crippen LogP contribution in [0.25, 0.3) is 0 Å². The molecule has 158 valence electrons. The van der Waals surface area contributed by atoms with Crippen molar-refractivity contribution in [3.05, 3.63) is 28.2 Å². The van der Waals surface area contributed by atoms with Crippen LogP contribution in [-0.4, -0.2) is 73.9 Å². The topological polar surface area (TPSA) is 42.0 Å². The number of nitrogens with zero attached hydrogens (tertiary/aromatic N) is 2. The minimum absolute atomic E-state index is 0.154. The Kier molecular flexibility index (Phi) is 8.57. The highest BCUT2D eigenvalue weighted by molar-refractivity contribution is 9.10. The molecule has 0 aromatic heterocycles. The van der Waals surface area contributed by atoms with E-state index in [1.807, 2.05) is 25.1 Å². The van der Waals surface area contributed by atoms with E-state index in [2.05, 4.69) is 15.9 Å². The first-order valence-corrected chi connectivity index (χ1v) is 10.1. The van der Waals surface area contributed by atoms with Gasteiger partial charge in [-0.05, 0) is 32.4 Å². The first-order chi connectivity index (χ1) is 13.2. The number of ether oxygens (including phenoxy) is 2. The fourth-order valence-corrected chi connectivity index (χ4v) is 3.51. The lowest BCUT2D eigenvalue weighted by Gasteiger charge is -2.41. The van der Waals surface area contributed by atoms with Gasteiger partial charge in [-0.2, -0.15) is 13.2 Å². The van der Waals surface area contributed by atoms with Crippen LogP contribution in [0.2, 0.25) is 0 Å². The van der Waals surface area contributed by atoms with Crippen LogP contribution in [0.1, 0.15) is 18.9 Å². The summed E-state index contributed by atoms with van der Waals surface area (Å²) >= 11 is 3.44. The van der Waals surface area contributed by atoms with Crippen molar-refractivity contribution in [3.63, 3.8) is 0 Å². The molecule has 1 aliphatic rings. The summed E-state index contributed by atoms with van der Waals surface area (Å²) in [5.41, 5.74) is 0.993. The predicted octanol–water partition coefficient (Wildman–Crippen LogP) is 3.64. The zero-order valence-electron chi connectivity index (χ0n) is 16.1. The van der Waals surface area contributed by atoms with Crippen molar-refractivity contribution in [2.75, 3.05) is 45.9 Å². The summed E-state index contributed by atoms with van der Waals surface area (Å²) in [6, 6.07) is 4.01. The fraction of sp³-hybridized carbons (Fsp3) is 0.632. The van der Waals surface area contributed by atoms with Gasteiger partial charge in [-0.15, -0.1) is 0 Å². The minimum Gasteiger partial charge on any atom is -0.493 e. The molecule has 5 nitrogen and oxygen atoms in total. The lowest BCUT2D eigenvalue weighted by molar-refractivity contribution is -0.199. The van der Waals surface area contributed by atoms with Crippen molar-refractivity contribution < 1.29 is 27.4 Å². The van der Waals surface area contributed by atoms with Crippen LogP contribution in [-0.2, 0) is 9.53 Å². The standard InChI is InChI=1S/C19H26BrF3N2O3/c1-3-27-18(26)13-25-10-9-24(12-17(25)19(21,22)23)8-5-11-28-16-7-4-6-15(20)14(16)2/h4,6-7,17H,3,5,8-13H2,1-2H3/t17-/m1/s1. The van der Waals surface area contributed by atoms with Crippen molar-refractivity contribution in [3.8, 4) is 5.75 Å². The van der Waals surface area contributed by atoms with Gasteiger partial charge >= 0.3 is 12.1 Å². The molecule has 28 heavy (non-hydrogen) atoms. The lowest BCUT2D eigenvalue weighted by atomic mass is 10.1. The summed E-state index contributed by atoms with van der Waals surface area (Å²) in [5, 5.41) is 0. The maximum atomic E-state index is 13.4. The van der Waals surface area contributed by atoms with Crippen molar-refractivity contribution in [1.82, 2.24) is 9.80 Å². The SMILES string of the molecule is CCOC(=O)CN1CCN(CCCOc2cccc(Br)c2C)C[C@@H]1C(F)(F)F. The largest absolute Gasteiger partial charge is 0.493 e. The van der Waals surface area contributed by atoms with E-state index in [9.17, 15) is 18.0 Å². The number of alkyl halides is 3. The first-order valence-electron chi connectivity index (χ1n) is 9.29. The molecule has 1 aromatic rings. The average molecular weight is 467 g/mol. The van der Waals surface area contributed by atoms with Crippen molar-refractivity contribution in [2.24, 2.45) is 0 Å². The van der Waals surface area contributed by atoms with Gasteiger partial charge in [0.2, 0.25) is 0 Å². The zero-order valence-corrected chi connectivity index (χ0v) is 17.7. The molecule has 0 spiro atoms. The van der Waals surface area contributed by atoms with E-state index in [1.54, 1.807) is 11.8 Å². The molecule has 0 unspecified atom stereocenters. The lowest BCUT2D eigenvalue weighted by Crippen LogP contribution is -2.60. The van der Waals surface area contributed by atoms with Crippen LogP contribution in [0.5, 0.6) is 5.75 Å². The van der Waals surface area contributed by atoms with Crippen molar-refractivity contribution in [2.45, 2.75) is 32.5 Å². The quantitative estimate of drug-likeness (QED) is 0.432. The van der Waals surface area contributed by atoms with Crippen molar-refractivity contribution in [1.29, 1.82) is 0 Å². The van der Waals surface area contributed by atoms with Gasteiger partial charge in [0, 0.05) is 36.2 Å². The monoisotopic (exact) mass is 466 g/mol. The number of rotatable bonds is 8. The Morgan fingerprint density at radius 3 is 2.75 bits per heavy atom. The predicted molar refractivity (Wildman–Crippen MR) is 103 cm³/mol. The van der Waals surface area contributed by atoms with E-state index in [0.29, 0.717) is 26.1 Å². The van der Waals surface area contributed by atoms with E-state index in [4.69, 9.17) is 9.47 Å². The van der Waals surface area contributed by atoms with Gasteiger partial charge in [-0.1, -0.05) is 22.0 Å². The Bertz CT molecular complexity index is 658. The second-order valence-corrected chi connectivity index (χ2v) is 7.55. The number of hydrogen-bond donors (Lipinski definition) is 0. The molecule has 0 bridgehead atoms. The molecule has 9 heteroatoms. The third kappa shape index (κ3) is 6.63. The Labute approximate surface area is 171 Å². The Hall–Kier alpha value is -1.32. The number of piperazine rings is 1. The molecule has 1 aliphatic heterocycles. The van der Waals surface area contributed by atoms with Gasteiger partial charge in [-0.3, -0.25) is 9.69 Å². The molecule has 0 saturated carbocycles. The summed E-state index contributed by atoms with van der Waals surface area (Å²) < 4.78 is 51.8. The third-order valence-corrected chi connectivity index (χ3v) is 5.54. The molecule has 0 amide bonds. The second-order valence-electron chi connectivity index (χ2n) is 6.70. The molecular weight excluding hydrogens is 441 g/mol. The number of hydrogen-bond acceptors (Lipinski definition) is 5. The van der Waals surface area contributed by atoms with E-state index in [-0.39, 0.29) is 26.2 Å².